The van der Waals surface area contributed by atoms with Crippen LogP contribution in [0.2, 0.25) is 0 Å². The maximum atomic E-state index is 13.7. The summed E-state index contributed by atoms with van der Waals surface area (Å²) < 4.78 is 6.36. The molecule has 1 atom stereocenters. The lowest BCUT2D eigenvalue weighted by Crippen LogP contribution is -2.45. The molecule has 1 aliphatic heterocycles. The monoisotopic (exact) mass is 484 g/mol. The summed E-state index contributed by atoms with van der Waals surface area (Å²) in [5, 5.41) is 0. The van der Waals surface area contributed by atoms with Gasteiger partial charge in [-0.15, -0.1) is 0 Å². The normalized spacial score (nSPS) is 17.6. The summed E-state index contributed by atoms with van der Waals surface area (Å²) in [6.45, 7) is 4.40. The summed E-state index contributed by atoms with van der Waals surface area (Å²) >= 11 is 0. The molecule has 3 aromatic rings. The Morgan fingerprint density at radius 1 is 0.833 bits per heavy atom. The third-order valence-corrected chi connectivity index (χ3v) is 6.83. The van der Waals surface area contributed by atoms with Crippen molar-refractivity contribution in [3.05, 3.63) is 102 Å². The summed E-state index contributed by atoms with van der Waals surface area (Å²) in [5.74, 6) is 0.596. The Kier molecular flexibility index (Phi) is 9.15. The van der Waals surface area contributed by atoms with E-state index in [0.29, 0.717) is 43.0 Å². The SMILES string of the molecule is CCN1CCCCCCN(C(=O)c2ccccc2)[C@H](Cc2ccccc2)COc2ccccc2C1=O. The van der Waals surface area contributed by atoms with Gasteiger partial charge in [0.1, 0.15) is 12.4 Å². The molecule has 0 saturated heterocycles. The van der Waals surface area contributed by atoms with Crippen LogP contribution in [0.3, 0.4) is 0 Å². The minimum Gasteiger partial charge on any atom is -0.491 e. The van der Waals surface area contributed by atoms with Crippen LogP contribution < -0.4 is 4.74 Å². The van der Waals surface area contributed by atoms with E-state index in [9.17, 15) is 9.59 Å². The molecule has 0 saturated carbocycles. The molecule has 4 rings (SSSR count). The number of hydrogen-bond donors (Lipinski definition) is 0. The van der Waals surface area contributed by atoms with Crippen molar-refractivity contribution in [1.29, 1.82) is 0 Å². The molecule has 0 N–H and O–H groups in total. The van der Waals surface area contributed by atoms with Gasteiger partial charge in [0, 0.05) is 25.2 Å². The van der Waals surface area contributed by atoms with Crippen molar-refractivity contribution in [3.63, 3.8) is 0 Å². The van der Waals surface area contributed by atoms with Crippen LogP contribution in [0.15, 0.2) is 84.9 Å². The Labute approximate surface area is 214 Å². The predicted octanol–water partition coefficient (Wildman–Crippen LogP) is 5.86. The van der Waals surface area contributed by atoms with Gasteiger partial charge < -0.3 is 14.5 Å². The van der Waals surface area contributed by atoms with Crippen molar-refractivity contribution in [2.75, 3.05) is 26.2 Å². The van der Waals surface area contributed by atoms with E-state index >= 15 is 0 Å². The minimum absolute atomic E-state index is 0.00184. The second-order valence-corrected chi connectivity index (χ2v) is 9.31. The fraction of sp³-hybridized carbons (Fsp3) is 0.355. The average molecular weight is 485 g/mol. The summed E-state index contributed by atoms with van der Waals surface area (Å²) in [6, 6.07) is 27.0. The Bertz CT molecular complexity index is 1120. The van der Waals surface area contributed by atoms with Crippen LogP contribution in [0.25, 0.3) is 0 Å². The summed E-state index contributed by atoms with van der Waals surface area (Å²) in [6.07, 6.45) is 4.58. The number of para-hydroxylation sites is 1. The molecule has 5 nitrogen and oxygen atoms in total. The molecule has 0 radical (unpaired) electrons. The zero-order valence-electron chi connectivity index (χ0n) is 21.1. The quantitative estimate of drug-likeness (QED) is 0.466. The standard InChI is InChI=1S/C31H36N2O3/c1-2-32-21-13-3-4-14-22-33(30(34)26-17-9-6-10-18-26)27(23-25-15-7-5-8-16-25)24-36-29-20-12-11-19-28(29)31(32)35/h5-12,15-20,27H,2-4,13-14,21-24H2,1H3/t27-/m1/s1. The van der Waals surface area contributed by atoms with Crippen molar-refractivity contribution < 1.29 is 14.3 Å². The van der Waals surface area contributed by atoms with Gasteiger partial charge in [-0.2, -0.15) is 0 Å². The van der Waals surface area contributed by atoms with Crippen molar-refractivity contribution in [2.24, 2.45) is 0 Å². The van der Waals surface area contributed by atoms with Gasteiger partial charge in [0.2, 0.25) is 0 Å². The third kappa shape index (κ3) is 6.54. The maximum absolute atomic E-state index is 13.7. The highest BCUT2D eigenvalue weighted by molar-refractivity contribution is 5.97. The Hall–Kier alpha value is -3.60. The zero-order chi connectivity index (χ0) is 25.2. The van der Waals surface area contributed by atoms with Crippen LogP contribution >= 0.6 is 0 Å². The Morgan fingerprint density at radius 2 is 1.47 bits per heavy atom. The second kappa shape index (κ2) is 12.9. The van der Waals surface area contributed by atoms with Gasteiger partial charge in [-0.05, 0) is 56.0 Å². The molecule has 3 aromatic carbocycles. The maximum Gasteiger partial charge on any atom is 0.257 e. The average Bonchev–Trinajstić information content (AvgIpc) is 2.93. The number of fused-ring (bicyclic) bond motifs is 1. The fourth-order valence-corrected chi connectivity index (χ4v) is 4.81. The summed E-state index contributed by atoms with van der Waals surface area (Å²) in [5.41, 5.74) is 2.42. The molecule has 0 aromatic heterocycles. The Balaban J connectivity index is 1.68. The van der Waals surface area contributed by atoms with E-state index in [1.807, 2.05) is 89.5 Å². The van der Waals surface area contributed by atoms with E-state index in [1.165, 1.54) is 0 Å². The largest absolute Gasteiger partial charge is 0.491 e. The second-order valence-electron chi connectivity index (χ2n) is 9.31. The minimum atomic E-state index is -0.173. The van der Waals surface area contributed by atoms with Crippen molar-refractivity contribution in [2.45, 2.75) is 45.1 Å². The lowest BCUT2D eigenvalue weighted by Gasteiger charge is -2.33. The van der Waals surface area contributed by atoms with E-state index in [1.54, 1.807) is 0 Å². The van der Waals surface area contributed by atoms with Crippen LogP contribution in [-0.4, -0.2) is 53.9 Å². The highest BCUT2D eigenvalue weighted by atomic mass is 16.5. The first-order valence-electron chi connectivity index (χ1n) is 13.1. The Morgan fingerprint density at radius 3 is 2.19 bits per heavy atom. The molecule has 0 unspecified atom stereocenters. The molecule has 2 amide bonds. The van der Waals surface area contributed by atoms with Crippen molar-refractivity contribution >= 4 is 11.8 Å². The lowest BCUT2D eigenvalue weighted by molar-refractivity contribution is 0.0597. The molecule has 0 spiro atoms. The number of ether oxygens (including phenoxy) is 1. The number of benzene rings is 3. The van der Waals surface area contributed by atoms with Gasteiger partial charge in [-0.25, -0.2) is 0 Å². The highest BCUT2D eigenvalue weighted by Crippen LogP contribution is 2.23. The van der Waals surface area contributed by atoms with Crippen molar-refractivity contribution in [1.82, 2.24) is 9.80 Å². The molecular formula is C31H36N2O3. The topological polar surface area (TPSA) is 49.9 Å². The molecule has 5 heteroatoms. The predicted molar refractivity (Wildman–Crippen MR) is 143 cm³/mol. The van der Waals surface area contributed by atoms with E-state index < -0.39 is 0 Å². The smallest absolute Gasteiger partial charge is 0.257 e. The van der Waals surface area contributed by atoms with Crippen LogP contribution in [0.5, 0.6) is 5.75 Å². The van der Waals surface area contributed by atoms with Crippen LogP contribution in [0.1, 0.15) is 58.9 Å². The van der Waals surface area contributed by atoms with Gasteiger partial charge in [0.25, 0.3) is 11.8 Å². The first kappa shape index (κ1) is 25.5. The fourth-order valence-electron chi connectivity index (χ4n) is 4.81. The van der Waals surface area contributed by atoms with E-state index in [4.69, 9.17) is 4.74 Å². The molecular weight excluding hydrogens is 448 g/mol. The molecule has 0 fully saturated rings. The number of carbonyl (C=O) groups is 2. The number of amides is 2. The van der Waals surface area contributed by atoms with Crippen LogP contribution in [0, 0.1) is 0 Å². The first-order chi connectivity index (χ1) is 17.7. The molecule has 188 valence electrons. The van der Waals surface area contributed by atoms with Gasteiger partial charge >= 0.3 is 0 Å². The molecule has 1 aliphatic rings. The number of nitrogens with zero attached hydrogens (tertiary/aromatic N) is 2. The summed E-state index contributed by atoms with van der Waals surface area (Å²) in [7, 11) is 0. The highest BCUT2D eigenvalue weighted by Gasteiger charge is 2.27. The number of hydrogen-bond acceptors (Lipinski definition) is 3. The lowest BCUT2D eigenvalue weighted by atomic mass is 10.0. The van der Waals surface area contributed by atoms with E-state index in [-0.39, 0.29) is 17.9 Å². The number of rotatable bonds is 4. The van der Waals surface area contributed by atoms with E-state index in [0.717, 1.165) is 37.8 Å². The summed E-state index contributed by atoms with van der Waals surface area (Å²) in [4.78, 5) is 31.0. The molecule has 0 bridgehead atoms. The van der Waals surface area contributed by atoms with Gasteiger partial charge in [0.05, 0.1) is 11.6 Å². The van der Waals surface area contributed by atoms with Crippen LogP contribution in [-0.2, 0) is 6.42 Å². The molecule has 0 aliphatic carbocycles. The van der Waals surface area contributed by atoms with Gasteiger partial charge in [-0.3, -0.25) is 9.59 Å². The van der Waals surface area contributed by atoms with E-state index in [2.05, 4.69) is 12.1 Å². The van der Waals surface area contributed by atoms with Crippen molar-refractivity contribution in [3.8, 4) is 5.75 Å². The zero-order valence-corrected chi connectivity index (χ0v) is 21.1. The third-order valence-electron chi connectivity index (χ3n) is 6.83. The van der Waals surface area contributed by atoms with Gasteiger partial charge in [-0.1, -0.05) is 73.5 Å². The van der Waals surface area contributed by atoms with Gasteiger partial charge in [0.15, 0.2) is 0 Å². The molecule has 36 heavy (non-hydrogen) atoms. The number of carbonyl (C=O) groups excluding carboxylic acids is 2. The molecule has 1 heterocycles. The van der Waals surface area contributed by atoms with Crippen LogP contribution in [0.4, 0.5) is 0 Å². The first-order valence-corrected chi connectivity index (χ1v) is 13.1.